The van der Waals surface area contributed by atoms with Crippen LogP contribution in [0.25, 0.3) is 0 Å². The number of anilines is 1. The summed E-state index contributed by atoms with van der Waals surface area (Å²) in [6, 6.07) is 7.60. The van der Waals surface area contributed by atoms with Crippen molar-refractivity contribution in [2.24, 2.45) is 0 Å². The molecule has 0 aliphatic carbocycles. The molecule has 0 heterocycles. The van der Waals surface area contributed by atoms with Crippen LogP contribution in [0.15, 0.2) is 24.3 Å². The normalized spacial score (nSPS) is 13.2. The first-order chi connectivity index (χ1) is 6.09. The van der Waals surface area contributed by atoms with Crippen molar-refractivity contribution >= 4 is 16.7 Å². The third kappa shape index (κ3) is 3.16. The van der Waals surface area contributed by atoms with Crippen LogP contribution in [0.2, 0.25) is 0 Å². The number of hydrogen-bond donors (Lipinski definition) is 1. The zero-order chi connectivity index (χ0) is 9.84. The van der Waals surface area contributed by atoms with E-state index in [4.69, 9.17) is 5.73 Å². The average Bonchev–Trinajstić information content (AvgIpc) is 2.04. The van der Waals surface area contributed by atoms with Crippen molar-refractivity contribution in [1.82, 2.24) is 4.31 Å². The van der Waals surface area contributed by atoms with E-state index in [0.29, 0.717) is 6.54 Å². The Hall–Kier alpha value is -0.870. The summed E-state index contributed by atoms with van der Waals surface area (Å²) in [5.41, 5.74) is 7.44. The molecule has 0 aromatic heterocycles. The highest BCUT2D eigenvalue weighted by atomic mass is 32.2. The summed E-state index contributed by atoms with van der Waals surface area (Å²) in [4.78, 5) is 0. The monoisotopic (exact) mass is 198 g/mol. The lowest BCUT2D eigenvalue weighted by molar-refractivity contribution is 0.524. The molecule has 1 aromatic carbocycles. The van der Waals surface area contributed by atoms with Crippen molar-refractivity contribution in [3.63, 3.8) is 0 Å². The number of benzene rings is 1. The minimum atomic E-state index is -0.925. The molecule has 13 heavy (non-hydrogen) atoms. The Labute approximate surface area is 81.1 Å². The van der Waals surface area contributed by atoms with Gasteiger partial charge in [0.1, 0.15) is 0 Å². The third-order valence-corrected chi connectivity index (χ3v) is 2.80. The molecule has 0 radical (unpaired) electrons. The summed E-state index contributed by atoms with van der Waals surface area (Å²) in [7, 11) is 0.894. The van der Waals surface area contributed by atoms with Crippen molar-refractivity contribution in [2.75, 3.05) is 19.0 Å². The van der Waals surface area contributed by atoms with Gasteiger partial charge in [-0.05, 0) is 17.7 Å². The molecule has 3 nitrogen and oxygen atoms in total. The largest absolute Gasteiger partial charge is 0.399 e. The van der Waals surface area contributed by atoms with E-state index in [1.54, 1.807) is 10.6 Å². The zero-order valence-corrected chi connectivity index (χ0v) is 8.67. The fraction of sp³-hybridized carbons (Fsp3) is 0.333. The maximum absolute atomic E-state index is 11.0. The second kappa shape index (κ2) is 4.39. The van der Waals surface area contributed by atoms with Gasteiger partial charge in [-0.2, -0.15) is 0 Å². The predicted octanol–water partition coefficient (Wildman–Crippen LogP) is 0.994. The van der Waals surface area contributed by atoms with E-state index >= 15 is 0 Å². The number of nitrogens with zero attached hydrogens (tertiary/aromatic N) is 1. The topological polar surface area (TPSA) is 46.3 Å². The van der Waals surface area contributed by atoms with Crippen LogP contribution in [0.3, 0.4) is 0 Å². The Morgan fingerprint density at radius 2 is 2.23 bits per heavy atom. The summed E-state index contributed by atoms with van der Waals surface area (Å²) in [5.74, 6) is 0. The van der Waals surface area contributed by atoms with Gasteiger partial charge in [-0.3, -0.25) is 0 Å². The Bertz CT molecular complexity index is 314. The lowest BCUT2D eigenvalue weighted by Gasteiger charge is -2.12. The van der Waals surface area contributed by atoms with Crippen molar-refractivity contribution in [3.8, 4) is 0 Å². The SMILES string of the molecule is CN(Cc1cccc(N)c1)S(C)=O. The van der Waals surface area contributed by atoms with Crippen LogP contribution in [0.1, 0.15) is 5.56 Å². The minimum absolute atomic E-state index is 0.661. The summed E-state index contributed by atoms with van der Waals surface area (Å²) in [5, 5.41) is 0. The van der Waals surface area contributed by atoms with Crippen LogP contribution in [-0.2, 0) is 17.5 Å². The standard InChI is InChI=1S/C9H14N2OS/c1-11(13(2)12)7-8-4-3-5-9(10)6-8/h3-6H,7,10H2,1-2H3. The highest BCUT2D eigenvalue weighted by Crippen LogP contribution is 2.08. The first-order valence-corrected chi connectivity index (χ1v) is 5.50. The minimum Gasteiger partial charge on any atom is -0.399 e. The molecule has 2 N–H and O–H groups in total. The summed E-state index contributed by atoms with van der Waals surface area (Å²) >= 11 is 0. The molecule has 0 saturated carbocycles. The van der Waals surface area contributed by atoms with E-state index < -0.39 is 11.0 Å². The Balaban J connectivity index is 2.69. The Morgan fingerprint density at radius 1 is 1.54 bits per heavy atom. The highest BCUT2D eigenvalue weighted by molar-refractivity contribution is 7.81. The van der Waals surface area contributed by atoms with Crippen LogP contribution in [-0.4, -0.2) is 21.8 Å². The molecule has 0 amide bonds. The number of hydrogen-bond acceptors (Lipinski definition) is 2. The molecule has 1 atom stereocenters. The second-order valence-corrected chi connectivity index (χ2v) is 4.43. The molecule has 1 rings (SSSR count). The Kier molecular flexibility index (Phi) is 3.45. The average molecular weight is 198 g/mol. The van der Waals surface area contributed by atoms with E-state index in [9.17, 15) is 4.21 Å². The molecule has 0 fully saturated rings. The number of rotatable bonds is 3. The van der Waals surface area contributed by atoms with Crippen LogP contribution in [0.5, 0.6) is 0 Å². The predicted molar refractivity (Wildman–Crippen MR) is 56.4 cm³/mol. The second-order valence-electron chi connectivity index (χ2n) is 2.95. The molecule has 0 bridgehead atoms. The number of nitrogen functional groups attached to an aromatic ring is 1. The lowest BCUT2D eigenvalue weighted by Crippen LogP contribution is -2.19. The van der Waals surface area contributed by atoms with Gasteiger partial charge in [0.15, 0.2) is 0 Å². The maximum atomic E-state index is 11.0. The van der Waals surface area contributed by atoms with Gasteiger partial charge in [0, 0.05) is 25.5 Å². The number of nitrogens with two attached hydrogens (primary N) is 1. The fourth-order valence-corrected chi connectivity index (χ4v) is 1.37. The van der Waals surface area contributed by atoms with Gasteiger partial charge in [-0.25, -0.2) is 8.51 Å². The summed E-state index contributed by atoms with van der Waals surface area (Å²) in [6.45, 7) is 0.661. The smallest absolute Gasteiger partial charge is 0.0911 e. The summed E-state index contributed by atoms with van der Waals surface area (Å²) in [6.07, 6.45) is 1.66. The van der Waals surface area contributed by atoms with Gasteiger partial charge in [0.05, 0.1) is 11.0 Å². The molecular weight excluding hydrogens is 184 g/mol. The lowest BCUT2D eigenvalue weighted by atomic mass is 10.2. The van der Waals surface area contributed by atoms with Crippen molar-refractivity contribution in [3.05, 3.63) is 29.8 Å². The van der Waals surface area contributed by atoms with Gasteiger partial charge < -0.3 is 5.73 Å². The van der Waals surface area contributed by atoms with Crippen molar-refractivity contribution in [2.45, 2.75) is 6.54 Å². The molecule has 0 aliphatic heterocycles. The van der Waals surface area contributed by atoms with Gasteiger partial charge >= 0.3 is 0 Å². The van der Waals surface area contributed by atoms with Crippen LogP contribution >= 0.6 is 0 Å². The van der Waals surface area contributed by atoms with Crippen LogP contribution < -0.4 is 5.73 Å². The first-order valence-electron chi connectivity index (χ1n) is 3.98. The van der Waals surface area contributed by atoms with Crippen molar-refractivity contribution in [1.29, 1.82) is 0 Å². The van der Waals surface area contributed by atoms with Crippen LogP contribution in [0.4, 0.5) is 5.69 Å². The Morgan fingerprint density at radius 3 is 2.77 bits per heavy atom. The van der Waals surface area contributed by atoms with Gasteiger partial charge in [0.2, 0.25) is 0 Å². The molecule has 0 aliphatic rings. The molecule has 1 aromatic rings. The summed E-state index contributed by atoms with van der Waals surface area (Å²) < 4.78 is 12.8. The molecule has 1 unspecified atom stereocenters. The van der Waals surface area contributed by atoms with E-state index in [1.165, 1.54) is 0 Å². The van der Waals surface area contributed by atoms with Gasteiger partial charge in [-0.15, -0.1) is 0 Å². The maximum Gasteiger partial charge on any atom is 0.0911 e. The molecule has 72 valence electrons. The fourth-order valence-electron chi connectivity index (χ4n) is 1.04. The quantitative estimate of drug-likeness (QED) is 0.736. The zero-order valence-electron chi connectivity index (χ0n) is 7.86. The first kappa shape index (κ1) is 10.2. The highest BCUT2D eigenvalue weighted by Gasteiger charge is 2.02. The van der Waals surface area contributed by atoms with E-state index in [-0.39, 0.29) is 0 Å². The van der Waals surface area contributed by atoms with Gasteiger partial charge in [0.25, 0.3) is 0 Å². The van der Waals surface area contributed by atoms with Crippen molar-refractivity contribution < 1.29 is 4.21 Å². The van der Waals surface area contributed by atoms with Crippen LogP contribution in [0, 0.1) is 0 Å². The van der Waals surface area contributed by atoms with E-state index in [1.807, 2.05) is 31.3 Å². The van der Waals surface area contributed by atoms with E-state index in [0.717, 1.165) is 11.3 Å². The molecule has 4 heteroatoms. The van der Waals surface area contributed by atoms with Gasteiger partial charge in [-0.1, -0.05) is 12.1 Å². The molecule has 0 saturated heterocycles. The molecular formula is C9H14N2OS. The third-order valence-electron chi connectivity index (χ3n) is 1.80. The van der Waals surface area contributed by atoms with E-state index in [2.05, 4.69) is 0 Å². The molecule has 0 spiro atoms.